The lowest BCUT2D eigenvalue weighted by atomic mass is 9.93. The Bertz CT molecular complexity index is 639. The maximum Gasteiger partial charge on any atom is 0.137 e. The summed E-state index contributed by atoms with van der Waals surface area (Å²) in [5.74, 6) is 0.0469. The number of allylic oxidation sites excluding steroid dienone is 2. The number of halogens is 1. The summed E-state index contributed by atoms with van der Waals surface area (Å²) in [6, 6.07) is 4.72. The normalized spacial score (nSPS) is 14.8. The van der Waals surface area contributed by atoms with Crippen molar-refractivity contribution in [3.63, 3.8) is 0 Å². The smallest absolute Gasteiger partial charge is 0.137 e. The Morgan fingerprint density at radius 1 is 1.21 bits per heavy atom. The average Bonchev–Trinajstić information content (AvgIpc) is 2.85. The number of nitrogens with one attached hydrogen (secondary N) is 1. The third-order valence-corrected chi connectivity index (χ3v) is 3.24. The van der Waals surface area contributed by atoms with Crippen molar-refractivity contribution in [1.29, 1.82) is 0 Å². The molecule has 3 heteroatoms. The molecule has 1 N–H and O–H groups in total. The molecule has 1 aromatic heterocycles. The highest BCUT2D eigenvalue weighted by atomic mass is 19.1. The molecule has 1 aromatic carbocycles. The number of ketones is 1. The van der Waals surface area contributed by atoms with Crippen LogP contribution in [0.15, 0.2) is 43.6 Å². The van der Waals surface area contributed by atoms with Crippen molar-refractivity contribution in [3.8, 4) is 0 Å². The lowest BCUT2D eigenvalue weighted by molar-refractivity contribution is -0.118. The van der Waals surface area contributed by atoms with Gasteiger partial charge in [0.25, 0.3) is 0 Å². The SMILES string of the molecule is C=C.O=C1CC=C(c2c[nH]c3ccc(F)cc23)CC1. The van der Waals surface area contributed by atoms with Crippen molar-refractivity contribution in [2.24, 2.45) is 0 Å². The van der Waals surface area contributed by atoms with Crippen LogP contribution in [0.1, 0.15) is 24.8 Å². The van der Waals surface area contributed by atoms with Gasteiger partial charge in [-0.15, -0.1) is 13.2 Å². The number of aromatic nitrogens is 1. The predicted octanol–water partition coefficient (Wildman–Crippen LogP) is 4.25. The molecule has 0 saturated heterocycles. The van der Waals surface area contributed by atoms with Gasteiger partial charge in [0, 0.05) is 35.5 Å². The van der Waals surface area contributed by atoms with Crippen molar-refractivity contribution < 1.29 is 9.18 Å². The molecular formula is C16H16FNO. The summed E-state index contributed by atoms with van der Waals surface area (Å²) in [7, 11) is 0. The van der Waals surface area contributed by atoms with Crippen LogP contribution < -0.4 is 0 Å². The summed E-state index contributed by atoms with van der Waals surface area (Å²) in [6.45, 7) is 6.00. The van der Waals surface area contributed by atoms with Gasteiger partial charge in [0.15, 0.2) is 0 Å². The molecule has 1 heterocycles. The van der Waals surface area contributed by atoms with Gasteiger partial charge in [0.1, 0.15) is 11.6 Å². The first kappa shape index (κ1) is 13.3. The largest absolute Gasteiger partial charge is 0.361 e. The Kier molecular flexibility index (Phi) is 3.95. The second-order valence-electron chi connectivity index (χ2n) is 4.36. The number of aromatic amines is 1. The number of fused-ring (bicyclic) bond motifs is 1. The van der Waals surface area contributed by atoms with Gasteiger partial charge in [-0.25, -0.2) is 4.39 Å². The zero-order chi connectivity index (χ0) is 13.8. The standard InChI is InChI=1S/C14H12FNO.C2H4/c15-10-3-6-14-12(7-10)13(8-16-14)9-1-4-11(17)5-2-9;1-2/h1,3,6-8,16H,2,4-5H2;1-2H2. The van der Waals surface area contributed by atoms with E-state index in [1.807, 2.05) is 12.3 Å². The molecule has 2 nitrogen and oxygen atoms in total. The van der Waals surface area contributed by atoms with E-state index in [0.29, 0.717) is 12.8 Å². The Morgan fingerprint density at radius 3 is 2.68 bits per heavy atom. The fraction of sp³-hybridized carbons (Fsp3) is 0.188. The van der Waals surface area contributed by atoms with Crippen LogP contribution in [0.3, 0.4) is 0 Å². The van der Waals surface area contributed by atoms with Crippen LogP contribution >= 0.6 is 0 Å². The number of carbonyl (C=O) groups is 1. The first-order valence-electron chi connectivity index (χ1n) is 6.22. The Balaban J connectivity index is 0.000000637. The number of carbonyl (C=O) groups excluding carboxylic acids is 1. The van der Waals surface area contributed by atoms with E-state index in [-0.39, 0.29) is 11.6 Å². The third kappa shape index (κ3) is 2.65. The van der Waals surface area contributed by atoms with Crippen LogP contribution in [0.5, 0.6) is 0 Å². The summed E-state index contributed by atoms with van der Waals surface area (Å²) >= 11 is 0. The molecule has 0 saturated carbocycles. The quantitative estimate of drug-likeness (QED) is 0.761. The molecule has 2 aromatic rings. The molecule has 98 valence electrons. The molecule has 19 heavy (non-hydrogen) atoms. The van der Waals surface area contributed by atoms with Gasteiger partial charge in [-0.05, 0) is 30.2 Å². The fourth-order valence-corrected chi connectivity index (χ4v) is 2.32. The highest BCUT2D eigenvalue weighted by Gasteiger charge is 2.15. The minimum atomic E-state index is -0.231. The molecule has 0 aliphatic heterocycles. The van der Waals surface area contributed by atoms with E-state index < -0.39 is 0 Å². The molecule has 1 aliphatic carbocycles. The van der Waals surface area contributed by atoms with Crippen LogP contribution in [-0.4, -0.2) is 10.8 Å². The number of benzene rings is 1. The lowest BCUT2D eigenvalue weighted by Gasteiger charge is -2.11. The molecule has 0 radical (unpaired) electrons. The summed E-state index contributed by atoms with van der Waals surface area (Å²) in [5.41, 5.74) is 3.09. The van der Waals surface area contributed by atoms with Crippen LogP contribution in [-0.2, 0) is 4.79 Å². The maximum absolute atomic E-state index is 13.2. The second-order valence-corrected chi connectivity index (χ2v) is 4.36. The maximum atomic E-state index is 13.2. The van der Waals surface area contributed by atoms with Crippen LogP contribution in [0, 0.1) is 5.82 Å². The number of hydrogen-bond acceptors (Lipinski definition) is 1. The summed E-state index contributed by atoms with van der Waals surface area (Å²) in [5, 5.41) is 0.894. The molecule has 0 spiro atoms. The number of H-pyrrole nitrogens is 1. The fourth-order valence-electron chi connectivity index (χ4n) is 2.32. The summed E-state index contributed by atoms with van der Waals surface area (Å²) in [6.07, 6.45) is 5.69. The highest BCUT2D eigenvalue weighted by Crippen LogP contribution is 2.31. The van der Waals surface area contributed by atoms with Gasteiger partial charge >= 0.3 is 0 Å². The minimum Gasteiger partial charge on any atom is -0.361 e. The van der Waals surface area contributed by atoms with Gasteiger partial charge in [0.2, 0.25) is 0 Å². The number of rotatable bonds is 1. The zero-order valence-corrected chi connectivity index (χ0v) is 10.7. The minimum absolute atomic E-state index is 0.231. The monoisotopic (exact) mass is 257 g/mol. The lowest BCUT2D eigenvalue weighted by Crippen LogP contribution is -2.02. The van der Waals surface area contributed by atoms with E-state index in [4.69, 9.17) is 0 Å². The highest BCUT2D eigenvalue weighted by molar-refractivity contribution is 5.95. The second kappa shape index (κ2) is 5.65. The molecule has 0 amide bonds. The summed E-state index contributed by atoms with van der Waals surface area (Å²) in [4.78, 5) is 14.3. The topological polar surface area (TPSA) is 32.9 Å². The van der Waals surface area contributed by atoms with Gasteiger partial charge in [0.05, 0.1) is 0 Å². The van der Waals surface area contributed by atoms with E-state index >= 15 is 0 Å². The molecule has 0 bridgehead atoms. The van der Waals surface area contributed by atoms with Crippen molar-refractivity contribution in [2.75, 3.05) is 0 Å². The zero-order valence-electron chi connectivity index (χ0n) is 10.7. The van der Waals surface area contributed by atoms with E-state index in [2.05, 4.69) is 18.1 Å². The predicted molar refractivity (Wildman–Crippen MR) is 76.3 cm³/mol. The van der Waals surface area contributed by atoms with Gasteiger partial charge < -0.3 is 4.98 Å². The van der Waals surface area contributed by atoms with E-state index in [1.54, 1.807) is 12.1 Å². The van der Waals surface area contributed by atoms with E-state index in [9.17, 15) is 9.18 Å². The van der Waals surface area contributed by atoms with Crippen molar-refractivity contribution >= 4 is 22.3 Å². The molecule has 0 fully saturated rings. The number of Topliss-reactive ketones (excluding diaryl/α,β-unsaturated/α-hetero) is 1. The Labute approximate surface area is 111 Å². The van der Waals surface area contributed by atoms with E-state index in [1.165, 1.54) is 6.07 Å². The number of hydrogen-bond donors (Lipinski definition) is 1. The van der Waals surface area contributed by atoms with Crippen LogP contribution in [0.25, 0.3) is 16.5 Å². The van der Waals surface area contributed by atoms with Gasteiger partial charge in [-0.1, -0.05) is 6.08 Å². The summed E-state index contributed by atoms with van der Waals surface area (Å²) < 4.78 is 13.2. The Morgan fingerprint density at radius 2 is 2.00 bits per heavy atom. The van der Waals surface area contributed by atoms with Crippen LogP contribution in [0.4, 0.5) is 4.39 Å². The van der Waals surface area contributed by atoms with Gasteiger partial charge in [-0.3, -0.25) is 4.79 Å². The average molecular weight is 257 g/mol. The molecule has 1 aliphatic rings. The van der Waals surface area contributed by atoms with Crippen molar-refractivity contribution in [2.45, 2.75) is 19.3 Å². The molecule has 0 atom stereocenters. The first-order valence-corrected chi connectivity index (χ1v) is 6.22. The van der Waals surface area contributed by atoms with Crippen molar-refractivity contribution in [3.05, 3.63) is 55.0 Å². The van der Waals surface area contributed by atoms with E-state index in [0.717, 1.165) is 28.5 Å². The Hall–Kier alpha value is -2.16. The molecule has 3 rings (SSSR count). The van der Waals surface area contributed by atoms with Crippen molar-refractivity contribution in [1.82, 2.24) is 4.98 Å². The molecule has 0 unspecified atom stereocenters. The van der Waals surface area contributed by atoms with Gasteiger partial charge in [-0.2, -0.15) is 0 Å². The van der Waals surface area contributed by atoms with Crippen LogP contribution in [0.2, 0.25) is 0 Å². The molecular weight excluding hydrogens is 241 g/mol. The first-order chi connectivity index (χ1) is 9.24. The third-order valence-electron chi connectivity index (χ3n) is 3.24.